The molecule has 0 aliphatic carbocycles. The molecule has 2 aromatic heterocycles. The standard InChI is InChI=1S/C16H20ClN7O3/c1-3-9(7-25)19-16-20-14(13-15(21-16)24(2)23-22-13)18-6-10-11(26)4-8(17)5-12(10)27/h4-5,9,25-27H,3,6-7H2,1-2H3,(H2,18,19,20,21). The number of nitrogens with zero attached hydrogens (tertiary/aromatic N) is 5. The highest BCUT2D eigenvalue weighted by Gasteiger charge is 2.16. The van der Waals surface area contributed by atoms with E-state index < -0.39 is 0 Å². The van der Waals surface area contributed by atoms with Gasteiger partial charge in [-0.05, 0) is 18.6 Å². The third-order valence-corrected chi connectivity index (χ3v) is 4.32. The van der Waals surface area contributed by atoms with Crippen LogP contribution in [0.4, 0.5) is 11.8 Å². The Hall–Kier alpha value is -2.85. The molecular weight excluding hydrogens is 374 g/mol. The first-order chi connectivity index (χ1) is 12.9. The van der Waals surface area contributed by atoms with Gasteiger partial charge >= 0.3 is 0 Å². The first kappa shape index (κ1) is 18.9. The largest absolute Gasteiger partial charge is 0.507 e. The van der Waals surface area contributed by atoms with E-state index in [0.717, 1.165) is 0 Å². The van der Waals surface area contributed by atoms with Crippen LogP contribution in [0.5, 0.6) is 11.5 Å². The van der Waals surface area contributed by atoms with Gasteiger partial charge in [0.1, 0.15) is 11.5 Å². The highest BCUT2D eigenvalue weighted by molar-refractivity contribution is 6.30. The summed E-state index contributed by atoms with van der Waals surface area (Å²) in [6, 6.07) is 2.49. The number of aromatic hydroxyl groups is 2. The summed E-state index contributed by atoms with van der Waals surface area (Å²) in [6.07, 6.45) is 0.691. The molecule has 5 N–H and O–H groups in total. The van der Waals surface area contributed by atoms with Gasteiger partial charge in [0.25, 0.3) is 0 Å². The molecule has 11 heteroatoms. The number of phenolic OH excluding ortho intramolecular Hbond substituents is 2. The Bertz CT molecular complexity index is 936. The van der Waals surface area contributed by atoms with Gasteiger partial charge in [-0.3, -0.25) is 0 Å². The number of halogens is 1. The number of rotatable bonds is 7. The Kier molecular flexibility index (Phi) is 5.47. The number of anilines is 2. The molecule has 0 radical (unpaired) electrons. The number of aliphatic hydroxyl groups is 1. The summed E-state index contributed by atoms with van der Waals surface area (Å²) in [4.78, 5) is 8.77. The maximum atomic E-state index is 10.0. The van der Waals surface area contributed by atoms with E-state index in [9.17, 15) is 15.3 Å². The Labute approximate surface area is 159 Å². The summed E-state index contributed by atoms with van der Waals surface area (Å²) in [5, 5.41) is 43.7. The van der Waals surface area contributed by atoms with Crippen LogP contribution in [0.15, 0.2) is 12.1 Å². The summed E-state index contributed by atoms with van der Waals surface area (Å²) < 4.78 is 1.50. The number of phenols is 2. The van der Waals surface area contributed by atoms with Crippen molar-refractivity contribution in [3.05, 3.63) is 22.7 Å². The van der Waals surface area contributed by atoms with Crippen LogP contribution in [0.25, 0.3) is 11.2 Å². The Morgan fingerprint density at radius 3 is 2.56 bits per heavy atom. The molecule has 1 unspecified atom stereocenters. The van der Waals surface area contributed by atoms with Crippen LogP contribution in [-0.4, -0.2) is 52.9 Å². The zero-order valence-electron chi connectivity index (χ0n) is 14.8. The monoisotopic (exact) mass is 393 g/mol. The van der Waals surface area contributed by atoms with Gasteiger partial charge in [-0.25, -0.2) is 4.68 Å². The predicted octanol–water partition coefficient (Wildman–Crippen LogP) is 1.62. The lowest BCUT2D eigenvalue weighted by atomic mass is 10.1. The van der Waals surface area contributed by atoms with Crippen LogP contribution in [-0.2, 0) is 13.6 Å². The molecule has 1 aromatic carbocycles. The lowest BCUT2D eigenvalue weighted by Crippen LogP contribution is -2.24. The second-order valence-corrected chi connectivity index (χ2v) is 6.43. The zero-order chi connectivity index (χ0) is 19.6. The second-order valence-electron chi connectivity index (χ2n) is 5.99. The van der Waals surface area contributed by atoms with Crippen molar-refractivity contribution in [2.75, 3.05) is 17.2 Å². The number of aromatic nitrogens is 5. The van der Waals surface area contributed by atoms with Crippen molar-refractivity contribution in [2.45, 2.75) is 25.9 Å². The summed E-state index contributed by atoms with van der Waals surface area (Å²) in [6.45, 7) is 1.95. The minimum absolute atomic E-state index is 0.0587. The fourth-order valence-corrected chi connectivity index (χ4v) is 2.73. The lowest BCUT2D eigenvalue weighted by molar-refractivity contribution is 0.271. The van der Waals surface area contributed by atoms with E-state index in [1.165, 1.54) is 16.8 Å². The molecule has 10 nitrogen and oxygen atoms in total. The summed E-state index contributed by atoms with van der Waals surface area (Å²) in [5.74, 6) is 0.404. The normalized spacial score (nSPS) is 12.3. The van der Waals surface area contributed by atoms with E-state index in [1.54, 1.807) is 7.05 Å². The third-order valence-electron chi connectivity index (χ3n) is 4.10. The number of hydrogen-bond donors (Lipinski definition) is 5. The Balaban J connectivity index is 1.93. The Morgan fingerprint density at radius 2 is 1.93 bits per heavy atom. The highest BCUT2D eigenvalue weighted by atomic mass is 35.5. The van der Waals surface area contributed by atoms with Crippen LogP contribution >= 0.6 is 11.6 Å². The molecule has 0 saturated heterocycles. The molecule has 0 bridgehead atoms. The van der Waals surface area contributed by atoms with Crippen molar-refractivity contribution < 1.29 is 15.3 Å². The topological polar surface area (TPSA) is 141 Å². The van der Waals surface area contributed by atoms with Crippen molar-refractivity contribution in [3.8, 4) is 11.5 Å². The van der Waals surface area contributed by atoms with Crippen molar-refractivity contribution in [3.63, 3.8) is 0 Å². The van der Waals surface area contributed by atoms with Gasteiger partial charge in [-0.1, -0.05) is 23.7 Å². The zero-order valence-corrected chi connectivity index (χ0v) is 15.6. The van der Waals surface area contributed by atoms with E-state index in [2.05, 4.69) is 30.9 Å². The number of nitrogens with one attached hydrogen (secondary N) is 2. The van der Waals surface area contributed by atoms with E-state index in [4.69, 9.17) is 11.6 Å². The van der Waals surface area contributed by atoms with Crippen LogP contribution < -0.4 is 10.6 Å². The molecule has 3 aromatic rings. The average molecular weight is 394 g/mol. The maximum absolute atomic E-state index is 10.0. The summed E-state index contributed by atoms with van der Waals surface area (Å²) in [5.41, 5.74) is 1.20. The van der Waals surface area contributed by atoms with Gasteiger partial charge < -0.3 is 26.0 Å². The molecule has 3 rings (SSSR count). The number of benzene rings is 1. The maximum Gasteiger partial charge on any atom is 0.227 e. The minimum atomic E-state index is -0.194. The molecule has 1 atom stereocenters. The van der Waals surface area contributed by atoms with Gasteiger partial charge in [-0.15, -0.1) is 5.10 Å². The number of fused-ring (bicyclic) bond motifs is 1. The molecule has 2 heterocycles. The Morgan fingerprint density at radius 1 is 1.22 bits per heavy atom. The van der Waals surface area contributed by atoms with Crippen molar-refractivity contribution in [1.82, 2.24) is 25.0 Å². The van der Waals surface area contributed by atoms with Gasteiger partial charge in [0, 0.05) is 18.6 Å². The molecule has 27 heavy (non-hydrogen) atoms. The van der Waals surface area contributed by atoms with Crippen LogP contribution in [0.3, 0.4) is 0 Å². The van der Waals surface area contributed by atoms with Gasteiger partial charge in [-0.2, -0.15) is 9.97 Å². The van der Waals surface area contributed by atoms with E-state index in [0.29, 0.717) is 29.4 Å². The predicted molar refractivity (Wildman–Crippen MR) is 101 cm³/mol. The summed E-state index contributed by atoms with van der Waals surface area (Å²) in [7, 11) is 1.70. The molecule has 0 saturated carbocycles. The van der Waals surface area contributed by atoms with Crippen LogP contribution in [0.1, 0.15) is 18.9 Å². The highest BCUT2D eigenvalue weighted by Crippen LogP contribution is 2.32. The number of aliphatic hydroxyl groups excluding tert-OH is 1. The average Bonchev–Trinajstić information content (AvgIpc) is 3.00. The molecular formula is C16H20ClN7O3. The van der Waals surface area contributed by atoms with E-state index in [-0.39, 0.29) is 41.3 Å². The molecule has 0 fully saturated rings. The van der Waals surface area contributed by atoms with Crippen LogP contribution in [0, 0.1) is 0 Å². The van der Waals surface area contributed by atoms with Gasteiger partial charge in [0.05, 0.1) is 18.2 Å². The number of aryl methyl sites for hydroxylation is 1. The van der Waals surface area contributed by atoms with Gasteiger partial charge in [0.15, 0.2) is 17.0 Å². The SMILES string of the molecule is CCC(CO)Nc1nc(NCc2c(O)cc(Cl)cc2O)c2nnn(C)c2n1. The molecule has 0 spiro atoms. The third kappa shape index (κ3) is 3.96. The quantitative estimate of drug-likeness (QED) is 0.404. The fraction of sp³-hybridized carbons (Fsp3) is 0.375. The second kappa shape index (κ2) is 7.80. The number of hydrogen-bond acceptors (Lipinski definition) is 9. The van der Waals surface area contributed by atoms with Crippen molar-refractivity contribution in [2.24, 2.45) is 7.05 Å². The molecule has 0 aliphatic heterocycles. The van der Waals surface area contributed by atoms with Crippen molar-refractivity contribution >= 4 is 34.5 Å². The first-order valence-electron chi connectivity index (χ1n) is 8.32. The lowest BCUT2D eigenvalue weighted by Gasteiger charge is -2.15. The van der Waals surface area contributed by atoms with E-state index >= 15 is 0 Å². The molecule has 144 valence electrons. The molecule has 0 amide bonds. The molecule has 0 aliphatic rings. The smallest absolute Gasteiger partial charge is 0.227 e. The van der Waals surface area contributed by atoms with Crippen molar-refractivity contribution in [1.29, 1.82) is 0 Å². The van der Waals surface area contributed by atoms with Gasteiger partial charge in [0.2, 0.25) is 5.95 Å². The first-order valence-corrected chi connectivity index (χ1v) is 8.69. The fourth-order valence-electron chi connectivity index (χ4n) is 2.52. The van der Waals surface area contributed by atoms with Crippen LogP contribution in [0.2, 0.25) is 5.02 Å². The minimum Gasteiger partial charge on any atom is -0.507 e. The van der Waals surface area contributed by atoms with E-state index in [1.807, 2.05) is 6.92 Å². The summed E-state index contributed by atoms with van der Waals surface area (Å²) >= 11 is 5.81.